The van der Waals surface area contributed by atoms with Gasteiger partial charge in [0.1, 0.15) is 0 Å². The van der Waals surface area contributed by atoms with Crippen LogP contribution in [0, 0.1) is 0 Å². The number of nitrogens with zero attached hydrogens (tertiary/aromatic N) is 2. The maximum absolute atomic E-state index is 12.6. The summed E-state index contributed by atoms with van der Waals surface area (Å²) in [5.74, 6) is 0.966. The van der Waals surface area contributed by atoms with E-state index in [1.54, 1.807) is 6.26 Å². The largest absolute Gasteiger partial charge is 0.340 e. The lowest BCUT2D eigenvalue weighted by Crippen LogP contribution is -2.49. The number of fused-ring (bicyclic) bond motifs is 1. The molecule has 1 aromatic carbocycles. The first-order valence-electron chi connectivity index (χ1n) is 9.02. The molecule has 4 nitrogen and oxygen atoms in total. The van der Waals surface area contributed by atoms with E-state index in [1.807, 2.05) is 4.90 Å². The van der Waals surface area contributed by atoms with Crippen LogP contribution in [0.25, 0.3) is 0 Å². The summed E-state index contributed by atoms with van der Waals surface area (Å²) in [4.78, 5) is 16.9. The minimum atomic E-state index is -0.735. The summed E-state index contributed by atoms with van der Waals surface area (Å²) >= 11 is 0. The lowest BCUT2D eigenvalue weighted by Gasteiger charge is -2.34. The smallest absolute Gasteiger partial charge is 0.227 e. The van der Waals surface area contributed by atoms with Crippen LogP contribution in [-0.2, 0) is 34.9 Å². The van der Waals surface area contributed by atoms with Gasteiger partial charge in [-0.2, -0.15) is 0 Å². The molecule has 1 saturated heterocycles. The molecule has 1 heterocycles. The van der Waals surface area contributed by atoms with Gasteiger partial charge in [-0.1, -0.05) is 18.2 Å². The molecule has 1 fully saturated rings. The fourth-order valence-corrected chi connectivity index (χ4v) is 4.18. The summed E-state index contributed by atoms with van der Waals surface area (Å²) in [7, 11) is -0.735. The van der Waals surface area contributed by atoms with Gasteiger partial charge in [0.05, 0.1) is 6.42 Å². The summed E-state index contributed by atoms with van der Waals surface area (Å²) in [5.41, 5.74) is 4.08. The standard InChI is InChI=1S/C19H28N2O2S/c1-24(23)13-12-20-8-10-21(11-9-20)19(22)15-16-6-7-17-4-2-3-5-18(17)14-16/h6-7,14H,2-5,8-13,15H2,1H3. The first-order chi connectivity index (χ1) is 11.6. The Morgan fingerprint density at radius 1 is 1.08 bits per heavy atom. The number of benzene rings is 1. The number of amides is 1. The van der Waals surface area contributed by atoms with Gasteiger partial charge in [-0.3, -0.25) is 13.9 Å². The Morgan fingerprint density at radius 2 is 1.79 bits per heavy atom. The van der Waals surface area contributed by atoms with E-state index >= 15 is 0 Å². The van der Waals surface area contributed by atoms with E-state index in [0.29, 0.717) is 6.42 Å². The van der Waals surface area contributed by atoms with Gasteiger partial charge in [0.25, 0.3) is 0 Å². The molecular weight excluding hydrogens is 320 g/mol. The van der Waals surface area contributed by atoms with E-state index in [9.17, 15) is 9.00 Å². The van der Waals surface area contributed by atoms with Crippen molar-refractivity contribution in [3.8, 4) is 0 Å². The number of piperazine rings is 1. The zero-order chi connectivity index (χ0) is 16.9. The number of hydrogen-bond acceptors (Lipinski definition) is 3. The van der Waals surface area contributed by atoms with E-state index < -0.39 is 10.8 Å². The van der Waals surface area contributed by atoms with E-state index in [-0.39, 0.29) is 5.91 Å². The second kappa shape index (κ2) is 8.26. The maximum atomic E-state index is 12.6. The molecule has 0 N–H and O–H groups in total. The summed E-state index contributed by atoms with van der Waals surface area (Å²) < 4.78 is 11.2. The second-order valence-electron chi connectivity index (χ2n) is 6.99. The van der Waals surface area contributed by atoms with Crippen LogP contribution in [0.3, 0.4) is 0 Å². The monoisotopic (exact) mass is 348 g/mol. The molecule has 1 aliphatic carbocycles. The normalized spacial score (nSPS) is 19.8. The van der Waals surface area contributed by atoms with Crippen molar-refractivity contribution >= 4 is 16.7 Å². The molecule has 1 aromatic rings. The Kier molecular flexibility index (Phi) is 6.06. The Bertz CT molecular complexity index is 609. The molecule has 3 rings (SSSR count). The maximum Gasteiger partial charge on any atom is 0.227 e. The zero-order valence-corrected chi connectivity index (χ0v) is 15.4. The summed E-state index contributed by atoms with van der Waals surface area (Å²) in [5, 5.41) is 0. The molecule has 1 unspecified atom stereocenters. The highest BCUT2D eigenvalue weighted by Gasteiger charge is 2.21. The van der Waals surface area contributed by atoms with Crippen LogP contribution in [0.4, 0.5) is 0 Å². The molecule has 1 aliphatic heterocycles. The predicted molar refractivity (Wildman–Crippen MR) is 98.7 cm³/mol. The van der Waals surface area contributed by atoms with Gasteiger partial charge in [-0.15, -0.1) is 0 Å². The predicted octanol–water partition coefficient (Wildman–Crippen LogP) is 1.63. The first-order valence-corrected chi connectivity index (χ1v) is 10.8. The minimum absolute atomic E-state index is 0.240. The van der Waals surface area contributed by atoms with Crippen LogP contribution in [0.2, 0.25) is 0 Å². The lowest BCUT2D eigenvalue weighted by molar-refractivity contribution is -0.132. The van der Waals surface area contributed by atoms with Crippen molar-refractivity contribution < 1.29 is 9.00 Å². The van der Waals surface area contributed by atoms with Crippen molar-refractivity contribution in [1.29, 1.82) is 0 Å². The van der Waals surface area contributed by atoms with E-state index in [4.69, 9.17) is 0 Å². The summed E-state index contributed by atoms with van der Waals surface area (Å²) in [6.07, 6.45) is 7.18. The second-order valence-corrected chi connectivity index (χ2v) is 8.54. The van der Waals surface area contributed by atoms with Crippen LogP contribution in [-0.4, -0.2) is 64.6 Å². The highest BCUT2D eigenvalue weighted by atomic mass is 32.2. The number of rotatable bonds is 5. The van der Waals surface area contributed by atoms with Gasteiger partial charge in [0.15, 0.2) is 0 Å². The molecule has 132 valence electrons. The molecule has 0 radical (unpaired) electrons. The van der Waals surface area contributed by atoms with Gasteiger partial charge < -0.3 is 4.90 Å². The van der Waals surface area contributed by atoms with Gasteiger partial charge in [0.2, 0.25) is 5.91 Å². The Balaban J connectivity index is 1.50. The van der Waals surface area contributed by atoms with E-state index in [1.165, 1.54) is 30.4 Å². The Labute approximate surface area is 147 Å². The molecule has 0 aromatic heterocycles. The highest BCUT2D eigenvalue weighted by molar-refractivity contribution is 7.84. The van der Waals surface area contributed by atoms with Crippen LogP contribution >= 0.6 is 0 Å². The Morgan fingerprint density at radius 3 is 2.50 bits per heavy atom. The van der Waals surface area contributed by atoms with Crippen molar-refractivity contribution in [1.82, 2.24) is 9.80 Å². The van der Waals surface area contributed by atoms with Crippen molar-refractivity contribution in [2.75, 3.05) is 44.7 Å². The number of carbonyl (C=O) groups excluding carboxylic acids is 1. The fraction of sp³-hybridized carbons (Fsp3) is 0.632. The molecule has 0 spiro atoms. The molecular formula is C19H28N2O2S. The molecule has 0 bridgehead atoms. The number of aryl methyl sites for hydroxylation is 2. The van der Waals surface area contributed by atoms with Crippen molar-refractivity contribution in [3.63, 3.8) is 0 Å². The van der Waals surface area contributed by atoms with Crippen LogP contribution in [0.5, 0.6) is 0 Å². The Hall–Kier alpha value is -1.20. The van der Waals surface area contributed by atoms with Gasteiger partial charge in [0, 0.05) is 55.5 Å². The molecule has 5 heteroatoms. The number of carbonyl (C=O) groups is 1. The molecule has 24 heavy (non-hydrogen) atoms. The molecule has 1 amide bonds. The summed E-state index contributed by atoms with van der Waals surface area (Å²) in [6, 6.07) is 6.61. The fourth-order valence-electron chi connectivity index (χ4n) is 3.66. The van der Waals surface area contributed by atoms with E-state index in [2.05, 4.69) is 23.1 Å². The lowest BCUT2D eigenvalue weighted by atomic mass is 9.90. The topological polar surface area (TPSA) is 40.6 Å². The molecule has 0 saturated carbocycles. The van der Waals surface area contributed by atoms with Gasteiger partial charge in [-0.05, 0) is 42.4 Å². The SMILES string of the molecule is CS(=O)CCN1CCN(C(=O)Cc2ccc3c(c2)CCCC3)CC1. The van der Waals surface area contributed by atoms with Crippen LogP contribution < -0.4 is 0 Å². The third kappa shape index (κ3) is 4.67. The molecule has 1 atom stereocenters. The van der Waals surface area contributed by atoms with Crippen molar-refractivity contribution in [2.45, 2.75) is 32.1 Å². The third-order valence-electron chi connectivity index (χ3n) is 5.19. The average Bonchev–Trinajstić information content (AvgIpc) is 2.60. The minimum Gasteiger partial charge on any atom is -0.340 e. The van der Waals surface area contributed by atoms with Gasteiger partial charge >= 0.3 is 0 Å². The third-order valence-corrected chi connectivity index (χ3v) is 5.95. The first kappa shape index (κ1) is 17.6. The van der Waals surface area contributed by atoms with Crippen LogP contribution in [0.15, 0.2) is 18.2 Å². The van der Waals surface area contributed by atoms with Crippen molar-refractivity contribution in [3.05, 3.63) is 34.9 Å². The van der Waals surface area contributed by atoms with E-state index in [0.717, 1.165) is 50.5 Å². The molecule has 2 aliphatic rings. The zero-order valence-electron chi connectivity index (χ0n) is 14.6. The quantitative estimate of drug-likeness (QED) is 0.812. The van der Waals surface area contributed by atoms with Crippen LogP contribution in [0.1, 0.15) is 29.5 Å². The number of hydrogen-bond donors (Lipinski definition) is 0. The van der Waals surface area contributed by atoms with Gasteiger partial charge in [-0.25, -0.2) is 0 Å². The summed E-state index contributed by atoms with van der Waals surface area (Å²) in [6.45, 7) is 4.25. The highest BCUT2D eigenvalue weighted by Crippen LogP contribution is 2.22. The average molecular weight is 349 g/mol. The van der Waals surface area contributed by atoms with Crippen molar-refractivity contribution in [2.24, 2.45) is 0 Å².